The standard InChI is InChI=1S/C12H18BrN/c1-8(2)12(14-4)10-6-5-7-11(13)9(10)3/h5-8,12,14H,1-4H3. The Balaban J connectivity index is 3.10. The summed E-state index contributed by atoms with van der Waals surface area (Å²) in [4.78, 5) is 0. The van der Waals surface area contributed by atoms with Crippen LogP contribution in [-0.4, -0.2) is 7.05 Å². The SMILES string of the molecule is CNC(c1cccc(Br)c1C)C(C)C. The van der Waals surface area contributed by atoms with Crippen molar-refractivity contribution in [1.82, 2.24) is 5.32 Å². The number of hydrogen-bond acceptors (Lipinski definition) is 1. The van der Waals surface area contributed by atoms with Gasteiger partial charge in [-0.2, -0.15) is 0 Å². The lowest BCUT2D eigenvalue weighted by Gasteiger charge is -2.23. The van der Waals surface area contributed by atoms with Crippen molar-refractivity contribution in [2.45, 2.75) is 26.8 Å². The molecule has 0 aliphatic heterocycles. The van der Waals surface area contributed by atoms with Crippen LogP contribution in [0, 0.1) is 12.8 Å². The van der Waals surface area contributed by atoms with Gasteiger partial charge in [-0.3, -0.25) is 0 Å². The Morgan fingerprint density at radius 1 is 1.29 bits per heavy atom. The summed E-state index contributed by atoms with van der Waals surface area (Å²) < 4.78 is 1.19. The fraction of sp³-hybridized carbons (Fsp3) is 0.500. The molecule has 14 heavy (non-hydrogen) atoms. The van der Waals surface area contributed by atoms with Crippen molar-refractivity contribution in [2.75, 3.05) is 7.05 Å². The quantitative estimate of drug-likeness (QED) is 0.870. The van der Waals surface area contributed by atoms with Crippen LogP contribution in [0.4, 0.5) is 0 Å². The second-order valence-corrected chi connectivity index (χ2v) is 4.82. The Bertz CT molecular complexity index is 307. The van der Waals surface area contributed by atoms with E-state index in [9.17, 15) is 0 Å². The van der Waals surface area contributed by atoms with Gasteiger partial charge in [0.1, 0.15) is 0 Å². The fourth-order valence-corrected chi connectivity index (χ4v) is 2.19. The topological polar surface area (TPSA) is 12.0 Å². The Morgan fingerprint density at radius 2 is 1.93 bits per heavy atom. The minimum atomic E-state index is 0.437. The summed E-state index contributed by atoms with van der Waals surface area (Å²) in [5, 5.41) is 3.36. The lowest BCUT2D eigenvalue weighted by atomic mass is 9.93. The minimum Gasteiger partial charge on any atom is -0.313 e. The number of nitrogens with one attached hydrogen (secondary N) is 1. The Labute approximate surface area is 95.0 Å². The van der Waals surface area contributed by atoms with E-state index in [4.69, 9.17) is 0 Å². The number of rotatable bonds is 3. The first-order valence-electron chi connectivity index (χ1n) is 5.00. The van der Waals surface area contributed by atoms with Gasteiger partial charge >= 0.3 is 0 Å². The van der Waals surface area contributed by atoms with E-state index in [1.165, 1.54) is 15.6 Å². The summed E-state index contributed by atoms with van der Waals surface area (Å²) in [7, 11) is 2.02. The smallest absolute Gasteiger partial charge is 0.0343 e. The van der Waals surface area contributed by atoms with Crippen molar-refractivity contribution in [2.24, 2.45) is 5.92 Å². The van der Waals surface area contributed by atoms with Gasteiger partial charge in [0.2, 0.25) is 0 Å². The summed E-state index contributed by atoms with van der Waals surface area (Å²) in [6.45, 7) is 6.63. The van der Waals surface area contributed by atoms with Gasteiger partial charge in [0, 0.05) is 10.5 Å². The summed E-state index contributed by atoms with van der Waals surface area (Å²) in [6.07, 6.45) is 0. The molecule has 0 bridgehead atoms. The van der Waals surface area contributed by atoms with E-state index in [2.05, 4.69) is 60.2 Å². The van der Waals surface area contributed by atoms with E-state index in [1.54, 1.807) is 0 Å². The van der Waals surface area contributed by atoms with E-state index in [0.717, 1.165) is 0 Å². The highest BCUT2D eigenvalue weighted by molar-refractivity contribution is 9.10. The van der Waals surface area contributed by atoms with Crippen molar-refractivity contribution < 1.29 is 0 Å². The largest absolute Gasteiger partial charge is 0.313 e. The molecule has 0 amide bonds. The summed E-state index contributed by atoms with van der Waals surface area (Å²) in [5.41, 5.74) is 2.72. The van der Waals surface area contributed by atoms with Gasteiger partial charge in [-0.1, -0.05) is 41.9 Å². The van der Waals surface area contributed by atoms with Crippen molar-refractivity contribution >= 4 is 15.9 Å². The van der Waals surface area contributed by atoms with Gasteiger partial charge in [-0.05, 0) is 37.1 Å². The zero-order chi connectivity index (χ0) is 10.7. The predicted octanol–water partition coefficient (Wildman–Crippen LogP) is 3.67. The van der Waals surface area contributed by atoms with Gasteiger partial charge in [0.15, 0.2) is 0 Å². The Kier molecular flexibility index (Phi) is 4.14. The maximum Gasteiger partial charge on any atom is 0.0343 e. The average molecular weight is 256 g/mol. The second-order valence-electron chi connectivity index (χ2n) is 3.96. The third-order valence-corrected chi connectivity index (χ3v) is 3.48. The molecular weight excluding hydrogens is 238 g/mol. The first-order valence-corrected chi connectivity index (χ1v) is 5.79. The molecule has 1 nitrogen and oxygen atoms in total. The zero-order valence-electron chi connectivity index (χ0n) is 9.26. The highest BCUT2D eigenvalue weighted by Gasteiger charge is 2.15. The van der Waals surface area contributed by atoms with Crippen LogP contribution in [0.25, 0.3) is 0 Å². The van der Waals surface area contributed by atoms with Gasteiger partial charge in [0.25, 0.3) is 0 Å². The first-order chi connectivity index (χ1) is 6.57. The monoisotopic (exact) mass is 255 g/mol. The van der Waals surface area contributed by atoms with Crippen LogP contribution < -0.4 is 5.32 Å². The highest BCUT2D eigenvalue weighted by Crippen LogP contribution is 2.28. The van der Waals surface area contributed by atoms with Gasteiger partial charge < -0.3 is 5.32 Å². The number of hydrogen-bond donors (Lipinski definition) is 1. The fourth-order valence-electron chi connectivity index (χ4n) is 1.81. The van der Waals surface area contributed by atoms with Crippen molar-refractivity contribution in [3.05, 3.63) is 33.8 Å². The van der Waals surface area contributed by atoms with Crippen molar-refractivity contribution in [3.8, 4) is 0 Å². The van der Waals surface area contributed by atoms with E-state index in [-0.39, 0.29) is 0 Å². The average Bonchev–Trinajstić information content (AvgIpc) is 2.13. The summed E-state index contributed by atoms with van der Waals surface area (Å²) >= 11 is 3.56. The molecule has 0 aliphatic carbocycles. The third kappa shape index (κ3) is 2.37. The normalized spacial score (nSPS) is 13.3. The first kappa shape index (κ1) is 11.7. The van der Waals surface area contributed by atoms with E-state index in [1.807, 2.05) is 7.05 Å². The third-order valence-electron chi connectivity index (χ3n) is 2.62. The highest BCUT2D eigenvalue weighted by atomic mass is 79.9. The van der Waals surface area contributed by atoms with Gasteiger partial charge in [-0.15, -0.1) is 0 Å². The van der Waals surface area contributed by atoms with E-state index in [0.29, 0.717) is 12.0 Å². The lowest BCUT2D eigenvalue weighted by Crippen LogP contribution is -2.22. The summed E-state index contributed by atoms with van der Waals surface area (Å²) in [5.74, 6) is 0.605. The molecule has 0 spiro atoms. The molecule has 1 aromatic carbocycles. The van der Waals surface area contributed by atoms with Crippen LogP contribution in [0.1, 0.15) is 31.0 Å². The molecule has 1 aromatic rings. The molecule has 1 unspecified atom stereocenters. The van der Waals surface area contributed by atoms with Crippen LogP contribution in [0.3, 0.4) is 0 Å². The molecule has 78 valence electrons. The van der Waals surface area contributed by atoms with Crippen LogP contribution >= 0.6 is 15.9 Å². The molecule has 0 saturated heterocycles. The molecular formula is C12H18BrN. The van der Waals surface area contributed by atoms with Crippen LogP contribution in [0.15, 0.2) is 22.7 Å². The van der Waals surface area contributed by atoms with Crippen LogP contribution in [0.2, 0.25) is 0 Å². The molecule has 2 heteroatoms. The van der Waals surface area contributed by atoms with E-state index < -0.39 is 0 Å². The lowest BCUT2D eigenvalue weighted by molar-refractivity contribution is 0.441. The molecule has 0 radical (unpaired) electrons. The Morgan fingerprint density at radius 3 is 2.43 bits per heavy atom. The maximum atomic E-state index is 3.56. The molecule has 0 fully saturated rings. The van der Waals surface area contributed by atoms with Gasteiger partial charge in [-0.25, -0.2) is 0 Å². The molecule has 0 aromatic heterocycles. The van der Waals surface area contributed by atoms with Crippen molar-refractivity contribution in [1.29, 1.82) is 0 Å². The molecule has 0 aliphatic rings. The molecule has 0 heterocycles. The predicted molar refractivity (Wildman–Crippen MR) is 65.5 cm³/mol. The van der Waals surface area contributed by atoms with Crippen LogP contribution in [0.5, 0.6) is 0 Å². The van der Waals surface area contributed by atoms with Crippen molar-refractivity contribution in [3.63, 3.8) is 0 Å². The van der Waals surface area contributed by atoms with Crippen LogP contribution in [-0.2, 0) is 0 Å². The molecule has 1 N–H and O–H groups in total. The number of halogens is 1. The zero-order valence-corrected chi connectivity index (χ0v) is 10.9. The van der Waals surface area contributed by atoms with Gasteiger partial charge in [0.05, 0.1) is 0 Å². The van der Waals surface area contributed by atoms with E-state index >= 15 is 0 Å². The molecule has 1 rings (SSSR count). The Hall–Kier alpha value is -0.340. The molecule has 0 saturated carbocycles. The number of benzene rings is 1. The maximum absolute atomic E-state index is 3.56. The molecule has 1 atom stereocenters. The minimum absolute atomic E-state index is 0.437. The second kappa shape index (κ2) is 4.94. The summed E-state index contributed by atoms with van der Waals surface area (Å²) in [6, 6.07) is 6.82.